The Morgan fingerprint density at radius 2 is 1.42 bits per heavy atom. The summed E-state index contributed by atoms with van der Waals surface area (Å²) >= 11 is 0. The first-order valence-electron chi connectivity index (χ1n) is 4.95. The molecule has 1 heteroatoms. The zero-order valence-electron chi connectivity index (χ0n) is 9.20. The largest absolute Gasteiger partial charge is 0.0749 e. The van der Waals surface area contributed by atoms with E-state index in [9.17, 15) is 0 Å². The molecule has 1 rings (SSSR count). The summed E-state index contributed by atoms with van der Waals surface area (Å²) in [6.07, 6.45) is 3.67. The Morgan fingerprint density at radius 3 is 1.75 bits per heavy atom. The fourth-order valence-electron chi connectivity index (χ4n) is 2.42. The van der Waals surface area contributed by atoms with E-state index >= 15 is 0 Å². The molecule has 1 atom stereocenters. The lowest BCUT2D eigenvalue weighted by Gasteiger charge is -2.52. The Hall–Kier alpha value is 0.0649. The van der Waals surface area contributed by atoms with Crippen LogP contribution >= 0.6 is 0 Å². The molecule has 0 aromatic heterocycles. The van der Waals surface area contributed by atoms with Gasteiger partial charge in [-0.1, -0.05) is 46.4 Å². The molecule has 0 saturated heterocycles. The summed E-state index contributed by atoms with van der Waals surface area (Å²) in [5, 5.41) is 0.0303. The summed E-state index contributed by atoms with van der Waals surface area (Å²) < 4.78 is 0. The number of hydrogen-bond acceptors (Lipinski definition) is 0. The minimum atomic E-state index is 0.0303. The van der Waals surface area contributed by atoms with Gasteiger partial charge in [0.1, 0.15) is 0 Å². The van der Waals surface area contributed by atoms with Crippen molar-refractivity contribution in [1.82, 2.24) is 0 Å². The normalized spacial score (nSPS) is 39.4. The van der Waals surface area contributed by atoms with Crippen molar-refractivity contribution in [3.05, 3.63) is 0 Å². The number of rotatable bonds is 0. The SMILES string of the molecule is [B]C1(C)CCC(C)(C)CC1(C)C. The zero-order chi connectivity index (χ0) is 9.62. The number of hydrogen-bond donors (Lipinski definition) is 0. The summed E-state index contributed by atoms with van der Waals surface area (Å²) in [7, 11) is 6.28. The van der Waals surface area contributed by atoms with Crippen LogP contribution in [0.2, 0.25) is 5.31 Å². The highest BCUT2D eigenvalue weighted by Gasteiger charge is 2.44. The molecule has 0 heterocycles. The van der Waals surface area contributed by atoms with E-state index < -0.39 is 0 Å². The third-order valence-corrected chi connectivity index (χ3v) is 3.79. The summed E-state index contributed by atoms with van der Waals surface area (Å²) in [6.45, 7) is 11.5. The summed E-state index contributed by atoms with van der Waals surface area (Å²) in [5.41, 5.74) is 0.775. The molecule has 0 aliphatic heterocycles. The highest BCUT2D eigenvalue weighted by molar-refractivity contribution is 6.15. The second-order valence-electron chi connectivity index (χ2n) is 6.14. The Kier molecular flexibility index (Phi) is 2.14. The molecule has 0 amide bonds. The van der Waals surface area contributed by atoms with Gasteiger partial charge in [-0.25, -0.2) is 0 Å². The van der Waals surface area contributed by atoms with Crippen molar-refractivity contribution >= 4 is 7.85 Å². The molecule has 2 radical (unpaired) electrons. The van der Waals surface area contributed by atoms with Crippen LogP contribution in [-0.2, 0) is 0 Å². The van der Waals surface area contributed by atoms with E-state index in [1.807, 2.05) is 0 Å². The topological polar surface area (TPSA) is 0 Å². The van der Waals surface area contributed by atoms with Gasteiger partial charge in [0.2, 0.25) is 0 Å². The van der Waals surface area contributed by atoms with E-state index in [1.165, 1.54) is 12.8 Å². The molecule has 0 aromatic rings. The lowest BCUT2D eigenvalue weighted by atomic mass is 9.45. The third kappa shape index (κ3) is 1.70. The maximum atomic E-state index is 6.28. The Balaban J connectivity index is 2.82. The van der Waals surface area contributed by atoms with Crippen LogP contribution in [0.4, 0.5) is 0 Å². The molecule has 0 aromatic carbocycles. The van der Waals surface area contributed by atoms with Crippen LogP contribution in [0.15, 0.2) is 0 Å². The first kappa shape index (κ1) is 10.1. The van der Waals surface area contributed by atoms with Crippen molar-refractivity contribution in [3.8, 4) is 0 Å². The predicted octanol–water partition coefficient (Wildman–Crippen LogP) is 3.57. The van der Waals surface area contributed by atoms with Crippen LogP contribution in [0.3, 0.4) is 0 Å². The van der Waals surface area contributed by atoms with Gasteiger partial charge in [0, 0.05) is 0 Å². The van der Waals surface area contributed by atoms with Crippen molar-refractivity contribution in [2.45, 2.75) is 59.2 Å². The lowest BCUT2D eigenvalue weighted by molar-refractivity contribution is 0.0709. The Labute approximate surface area is 78.5 Å². The summed E-state index contributed by atoms with van der Waals surface area (Å²) in [4.78, 5) is 0. The van der Waals surface area contributed by atoms with E-state index in [0.717, 1.165) is 6.42 Å². The molecule has 1 aliphatic carbocycles. The first-order valence-corrected chi connectivity index (χ1v) is 4.95. The van der Waals surface area contributed by atoms with Crippen molar-refractivity contribution in [3.63, 3.8) is 0 Å². The third-order valence-electron chi connectivity index (χ3n) is 3.79. The van der Waals surface area contributed by atoms with Crippen LogP contribution in [0.5, 0.6) is 0 Å². The molecule has 1 unspecified atom stereocenters. The minimum Gasteiger partial charge on any atom is -0.0671 e. The highest BCUT2D eigenvalue weighted by atomic mass is 14.5. The Bertz CT molecular complexity index is 177. The molecule has 0 bridgehead atoms. The van der Waals surface area contributed by atoms with Crippen molar-refractivity contribution in [1.29, 1.82) is 0 Å². The van der Waals surface area contributed by atoms with Gasteiger partial charge in [0.05, 0.1) is 7.85 Å². The first-order chi connectivity index (χ1) is 5.16. The molecular formula is C11H21B. The molecule has 12 heavy (non-hydrogen) atoms. The second kappa shape index (κ2) is 2.53. The van der Waals surface area contributed by atoms with Crippen LogP contribution in [-0.4, -0.2) is 7.85 Å². The van der Waals surface area contributed by atoms with Gasteiger partial charge in [-0.3, -0.25) is 0 Å². The monoisotopic (exact) mass is 164 g/mol. The predicted molar refractivity (Wildman–Crippen MR) is 55.5 cm³/mol. The summed E-state index contributed by atoms with van der Waals surface area (Å²) in [5.74, 6) is 0. The fraction of sp³-hybridized carbons (Fsp3) is 1.00. The standard InChI is InChI=1S/C11H21B/c1-9(2)6-7-11(5,12)10(3,4)8-9/h6-8H2,1-5H3. The smallest absolute Gasteiger partial charge is 0.0671 e. The molecule has 0 N–H and O–H groups in total. The van der Waals surface area contributed by atoms with Crippen LogP contribution in [0.25, 0.3) is 0 Å². The van der Waals surface area contributed by atoms with Gasteiger partial charge in [0.15, 0.2) is 0 Å². The quantitative estimate of drug-likeness (QED) is 0.480. The molecule has 1 fully saturated rings. The van der Waals surface area contributed by atoms with Crippen molar-refractivity contribution in [2.75, 3.05) is 0 Å². The highest BCUT2D eigenvalue weighted by Crippen LogP contribution is 2.58. The van der Waals surface area contributed by atoms with Gasteiger partial charge >= 0.3 is 0 Å². The van der Waals surface area contributed by atoms with Crippen molar-refractivity contribution in [2.24, 2.45) is 10.8 Å². The molecular weight excluding hydrogens is 143 g/mol. The van der Waals surface area contributed by atoms with E-state index in [0.29, 0.717) is 5.41 Å². The van der Waals surface area contributed by atoms with Crippen LogP contribution < -0.4 is 0 Å². The van der Waals surface area contributed by atoms with E-state index in [1.54, 1.807) is 0 Å². The minimum absolute atomic E-state index is 0.0303. The lowest BCUT2D eigenvalue weighted by Crippen LogP contribution is -2.39. The summed E-state index contributed by atoms with van der Waals surface area (Å²) in [6, 6.07) is 0. The fourth-order valence-corrected chi connectivity index (χ4v) is 2.42. The molecule has 1 saturated carbocycles. The van der Waals surface area contributed by atoms with Gasteiger partial charge < -0.3 is 0 Å². The molecule has 0 spiro atoms. The maximum absolute atomic E-state index is 6.28. The Morgan fingerprint density at radius 1 is 0.917 bits per heavy atom. The van der Waals surface area contributed by atoms with Gasteiger partial charge in [-0.05, 0) is 23.7 Å². The van der Waals surface area contributed by atoms with Gasteiger partial charge in [-0.15, -0.1) is 0 Å². The van der Waals surface area contributed by atoms with E-state index in [4.69, 9.17) is 7.85 Å². The molecule has 68 valence electrons. The van der Waals surface area contributed by atoms with Crippen LogP contribution in [0, 0.1) is 10.8 Å². The van der Waals surface area contributed by atoms with Crippen molar-refractivity contribution < 1.29 is 0 Å². The van der Waals surface area contributed by atoms with Gasteiger partial charge in [-0.2, -0.15) is 0 Å². The van der Waals surface area contributed by atoms with E-state index in [2.05, 4.69) is 34.6 Å². The molecule has 0 nitrogen and oxygen atoms in total. The average Bonchev–Trinajstić information content (AvgIpc) is 1.79. The molecule has 1 aliphatic rings. The zero-order valence-corrected chi connectivity index (χ0v) is 9.20. The second-order valence-corrected chi connectivity index (χ2v) is 6.14. The maximum Gasteiger partial charge on any atom is 0.0749 e. The average molecular weight is 164 g/mol. The van der Waals surface area contributed by atoms with Gasteiger partial charge in [0.25, 0.3) is 0 Å². The van der Waals surface area contributed by atoms with E-state index in [-0.39, 0.29) is 10.7 Å². The van der Waals surface area contributed by atoms with Crippen LogP contribution in [0.1, 0.15) is 53.9 Å².